The standard InChI is InChI=1S/C16H8Cl2N2O2/c17-15(21)11-5-9-7-3-1-2-4-8(7)10-6-12(16(18)22)20-14(10)13(9)19-11/h1-6,11,20H. The van der Waals surface area contributed by atoms with Crippen molar-refractivity contribution in [2.75, 3.05) is 0 Å². The number of H-pyrrole nitrogens is 1. The van der Waals surface area contributed by atoms with Crippen molar-refractivity contribution in [1.82, 2.24) is 4.98 Å². The number of fused-ring (bicyclic) bond motifs is 6. The molecule has 4 rings (SSSR count). The number of nitrogens with one attached hydrogen (secondary N) is 1. The van der Waals surface area contributed by atoms with E-state index in [9.17, 15) is 9.59 Å². The molecule has 0 radical (unpaired) electrons. The van der Waals surface area contributed by atoms with E-state index in [1.54, 1.807) is 12.1 Å². The normalized spacial score (nSPS) is 16.4. The number of aromatic nitrogens is 1. The number of halogens is 2. The monoisotopic (exact) mass is 330 g/mol. The van der Waals surface area contributed by atoms with E-state index in [2.05, 4.69) is 9.98 Å². The largest absolute Gasteiger partial charge is 0.349 e. The summed E-state index contributed by atoms with van der Waals surface area (Å²) in [6.07, 6.45) is 1.75. The molecule has 108 valence electrons. The highest BCUT2D eigenvalue weighted by Gasteiger charge is 2.20. The third-order valence-electron chi connectivity index (χ3n) is 3.85. The Hall–Kier alpha value is -2.17. The average molecular weight is 331 g/mol. The first-order valence-corrected chi connectivity index (χ1v) is 7.34. The quantitative estimate of drug-likeness (QED) is 0.732. The first-order chi connectivity index (χ1) is 10.6. The Morgan fingerprint density at radius 2 is 1.82 bits per heavy atom. The van der Waals surface area contributed by atoms with Gasteiger partial charge in [-0.2, -0.15) is 0 Å². The molecule has 0 bridgehead atoms. The number of rotatable bonds is 2. The fourth-order valence-corrected chi connectivity index (χ4v) is 3.14. The van der Waals surface area contributed by atoms with Crippen LogP contribution in [0.25, 0.3) is 27.8 Å². The maximum Gasteiger partial charge on any atom is 0.268 e. The molecular formula is C16H8Cl2N2O2. The fraction of sp³-hybridized carbons (Fsp3) is 0.0625. The molecule has 1 unspecified atom stereocenters. The summed E-state index contributed by atoms with van der Waals surface area (Å²) in [6.45, 7) is 0. The predicted octanol–water partition coefficient (Wildman–Crippen LogP) is 2.25. The van der Waals surface area contributed by atoms with Crippen LogP contribution in [0.4, 0.5) is 0 Å². The molecular weight excluding hydrogens is 323 g/mol. The van der Waals surface area contributed by atoms with Crippen LogP contribution in [0.3, 0.4) is 0 Å². The fourth-order valence-electron chi connectivity index (χ4n) is 2.93. The van der Waals surface area contributed by atoms with Crippen LogP contribution in [-0.2, 0) is 4.79 Å². The predicted molar refractivity (Wildman–Crippen MR) is 85.9 cm³/mol. The molecule has 0 fully saturated rings. The molecule has 1 aromatic heterocycles. The summed E-state index contributed by atoms with van der Waals surface area (Å²) in [6, 6.07) is 8.74. The van der Waals surface area contributed by atoms with Crippen molar-refractivity contribution in [3.8, 4) is 0 Å². The molecule has 4 nitrogen and oxygen atoms in total. The zero-order valence-electron chi connectivity index (χ0n) is 11.1. The van der Waals surface area contributed by atoms with Crippen molar-refractivity contribution in [2.45, 2.75) is 6.04 Å². The Labute approximate surface area is 134 Å². The molecule has 1 atom stereocenters. The molecule has 1 aliphatic heterocycles. The molecule has 22 heavy (non-hydrogen) atoms. The number of hydrogen-bond acceptors (Lipinski definition) is 3. The lowest BCUT2D eigenvalue weighted by molar-refractivity contribution is -0.111. The molecule has 3 aromatic rings. The van der Waals surface area contributed by atoms with Gasteiger partial charge in [-0.1, -0.05) is 24.3 Å². The molecule has 2 aromatic carbocycles. The topological polar surface area (TPSA) is 62.3 Å². The number of aromatic amines is 1. The van der Waals surface area contributed by atoms with Crippen LogP contribution in [0.1, 0.15) is 10.5 Å². The van der Waals surface area contributed by atoms with Gasteiger partial charge in [-0.25, -0.2) is 0 Å². The summed E-state index contributed by atoms with van der Waals surface area (Å²) in [5.41, 5.74) is 0.987. The highest BCUT2D eigenvalue weighted by atomic mass is 35.5. The maximum atomic E-state index is 11.5. The van der Waals surface area contributed by atoms with Gasteiger partial charge in [-0.05, 0) is 46.1 Å². The molecule has 0 saturated carbocycles. The van der Waals surface area contributed by atoms with Crippen LogP contribution in [0.2, 0.25) is 0 Å². The molecule has 1 aliphatic rings. The van der Waals surface area contributed by atoms with E-state index >= 15 is 0 Å². The van der Waals surface area contributed by atoms with E-state index in [1.165, 1.54) is 0 Å². The SMILES string of the molecule is O=C(Cl)c1cc2c([nH]1)c1c(c3ccccc32)=CC(C(=O)Cl)N=1. The van der Waals surface area contributed by atoms with Gasteiger partial charge in [0.05, 0.1) is 16.6 Å². The lowest BCUT2D eigenvalue weighted by Crippen LogP contribution is -2.23. The van der Waals surface area contributed by atoms with Crippen molar-refractivity contribution in [1.29, 1.82) is 0 Å². The second-order valence-corrected chi connectivity index (χ2v) is 5.81. The third-order valence-corrected chi connectivity index (χ3v) is 4.28. The van der Waals surface area contributed by atoms with Gasteiger partial charge < -0.3 is 4.98 Å². The Morgan fingerprint density at radius 3 is 2.50 bits per heavy atom. The van der Waals surface area contributed by atoms with Crippen LogP contribution < -0.4 is 10.6 Å². The first kappa shape index (κ1) is 13.5. The van der Waals surface area contributed by atoms with Gasteiger partial charge in [0, 0.05) is 10.6 Å². The van der Waals surface area contributed by atoms with Crippen LogP contribution in [0.5, 0.6) is 0 Å². The Bertz CT molecular complexity index is 1100. The molecule has 0 spiro atoms. The van der Waals surface area contributed by atoms with Gasteiger partial charge in [0.25, 0.3) is 5.24 Å². The number of benzene rings is 2. The minimum absolute atomic E-state index is 0.297. The number of hydrogen-bond donors (Lipinski definition) is 1. The Kier molecular flexibility index (Phi) is 2.86. The molecule has 0 saturated heterocycles. The van der Waals surface area contributed by atoms with E-state index in [-0.39, 0.29) is 0 Å². The van der Waals surface area contributed by atoms with Gasteiger partial charge >= 0.3 is 0 Å². The van der Waals surface area contributed by atoms with E-state index in [1.807, 2.05) is 24.3 Å². The summed E-state index contributed by atoms with van der Waals surface area (Å²) in [5.74, 6) is 0. The summed E-state index contributed by atoms with van der Waals surface area (Å²) in [7, 11) is 0. The smallest absolute Gasteiger partial charge is 0.268 e. The Balaban J connectivity index is 2.26. The molecule has 1 N–H and O–H groups in total. The van der Waals surface area contributed by atoms with Crippen molar-refractivity contribution in [3.63, 3.8) is 0 Å². The van der Waals surface area contributed by atoms with E-state index in [0.717, 1.165) is 21.4 Å². The zero-order chi connectivity index (χ0) is 15.4. The second-order valence-electron chi connectivity index (χ2n) is 5.10. The van der Waals surface area contributed by atoms with Gasteiger partial charge in [0.1, 0.15) is 6.04 Å². The highest BCUT2D eigenvalue weighted by Crippen LogP contribution is 2.23. The van der Waals surface area contributed by atoms with E-state index in [0.29, 0.717) is 16.6 Å². The number of carbonyl (C=O) groups excluding carboxylic acids is 2. The van der Waals surface area contributed by atoms with Gasteiger partial charge in [0.15, 0.2) is 0 Å². The van der Waals surface area contributed by atoms with Crippen molar-refractivity contribution >= 4 is 61.4 Å². The third kappa shape index (κ3) is 1.81. The lowest BCUT2D eigenvalue weighted by Gasteiger charge is -2.00. The van der Waals surface area contributed by atoms with Crippen molar-refractivity contribution < 1.29 is 9.59 Å². The zero-order valence-corrected chi connectivity index (χ0v) is 12.6. The maximum absolute atomic E-state index is 11.5. The number of nitrogens with zero attached hydrogens (tertiary/aromatic N) is 1. The lowest BCUT2D eigenvalue weighted by atomic mass is 10.0. The average Bonchev–Trinajstić information content (AvgIpc) is 3.12. The molecule has 2 heterocycles. The highest BCUT2D eigenvalue weighted by molar-refractivity contribution is 6.67. The van der Waals surface area contributed by atoms with Crippen LogP contribution >= 0.6 is 23.2 Å². The number of carbonyl (C=O) groups is 2. The van der Waals surface area contributed by atoms with Gasteiger partial charge in [-0.3, -0.25) is 14.6 Å². The first-order valence-electron chi connectivity index (χ1n) is 6.58. The molecule has 0 amide bonds. The van der Waals surface area contributed by atoms with Crippen molar-refractivity contribution in [2.24, 2.45) is 4.99 Å². The summed E-state index contributed by atoms with van der Waals surface area (Å²) in [4.78, 5) is 30.3. The van der Waals surface area contributed by atoms with Crippen LogP contribution in [-0.4, -0.2) is 21.5 Å². The summed E-state index contributed by atoms with van der Waals surface area (Å²) >= 11 is 11.2. The van der Waals surface area contributed by atoms with Crippen LogP contribution in [0.15, 0.2) is 35.3 Å². The van der Waals surface area contributed by atoms with Crippen molar-refractivity contribution in [3.05, 3.63) is 46.6 Å². The Morgan fingerprint density at radius 1 is 1.09 bits per heavy atom. The van der Waals surface area contributed by atoms with Gasteiger partial charge in [-0.15, -0.1) is 0 Å². The summed E-state index contributed by atoms with van der Waals surface area (Å²) < 4.78 is 0. The molecule has 0 aliphatic carbocycles. The molecule has 6 heteroatoms. The van der Waals surface area contributed by atoms with E-state index < -0.39 is 16.5 Å². The second kappa shape index (κ2) is 4.66. The van der Waals surface area contributed by atoms with Crippen LogP contribution in [0, 0.1) is 0 Å². The minimum Gasteiger partial charge on any atom is -0.349 e. The summed E-state index contributed by atoms with van der Waals surface area (Å²) in [5, 5.41) is 3.15. The van der Waals surface area contributed by atoms with Gasteiger partial charge in [0.2, 0.25) is 5.24 Å². The van der Waals surface area contributed by atoms with E-state index in [4.69, 9.17) is 23.2 Å². The minimum atomic E-state index is -0.705.